The summed E-state index contributed by atoms with van der Waals surface area (Å²) in [5.74, 6) is 0.123. The molecule has 2 aromatic carbocycles. The van der Waals surface area contributed by atoms with Crippen LogP contribution < -0.4 is 25.2 Å². The molecule has 148 valence electrons. The molecule has 0 radical (unpaired) electrons. The molecule has 10 heteroatoms. The van der Waals surface area contributed by atoms with E-state index in [1.165, 1.54) is 12.1 Å². The molecule has 1 amide bonds. The van der Waals surface area contributed by atoms with Crippen LogP contribution in [-0.4, -0.2) is 24.2 Å². The van der Waals surface area contributed by atoms with Crippen LogP contribution in [0.3, 0.4) is 0 Å². The summed E-state index contributed by atoms with van der Waals surface area (Å²) in [5.41, 5.74) is -1.45. The Balaban J connectivity index is 1.69. The number of hydrogen-bond donors (Lipinski definition) is 1. The Bertz CT molecular complexity index is 1200. The molecule has 0 unspecified atom stereocenters. The van der Waals surface area contributed by atoms with Gasteiger partial charge in [0.05, 0.1) is 17.6 Å². The molecule has 3 aromatic rings. The van der Waals surface area contributed by atoms with Crippen LogP contribution in [0.1, 0.15) is 17.3 Å². The van der Waals surface area contributed by atoms with Gasteiger partial charge in [0.2, 0.25) is 6.79 Å². The van der Waals surface area contributed by atoms with Crippen molar-refractivity contribution in [3.63, 3.8) is 0 Å². The molecule has 4 rings (SSSR count). The van der Waals surface area contributed by atoms with Crippen LogP contribution in [0.5, 0.6) is 17.2 Å². The highest BCUT2D eigenvalue weighted by molar-refractivity contribution is 6.06. The van der Waals surface area contributed by atoms with Crippen molar-refractivity contribution in [1.82, 2.24) is 0 Å². The second-order valence-electron chi connectivity index (χ2n) is 6.01. The molecule has 0 fully saturated rings. The van der Waals surface area contributed by atoms with E-state index in [0.29, 0.717) is 17.7 Å². The summed E-state index contributed by atoms with van der Waals surface area (Å²) in [7, 11) is 0. The third-order valence-corrected chi connectivity index (χ3v) is 4.20. The number of ether oxygens (including phenoxy) is 3. The van der Waals surface area contributed by atoms with Gasteiger partial charge in [-0.1, -0.05) is 0 Å². The van der Waals surface area contributed by atoms with Gasteiger partial charge in [-0.15, -0.1) is 0 Å². The number of benzene rings is 2. The van der Waals surface area contributed by atoms with Crippen LogP contribution in [0, 0.1) is 10.1 Å². The first-order valence-corrected chi connectivity index (χ1v) is 8.56. The zero-order valence-corrected chi connectivity index (χ0v) is 15.1. The largest absolute Gasteiger partial charge is 0.494 e. The summed E-state index contributed by atoms with van der Waals surface area (Å²) in [4.78, 5) is 35.6. The maximum absolute atomic E-state index is 12.6. The number of fused-ring (bicyclic) bond motifs is 2. The molecule has 1 aliphatic rings. The van der Waals surface area contributed by atoms with E-state index < -0.39 is 22.1 Å². The van der Waals surface area contributed by atoms with Gasteiger partial charge in [0, 0.05) is 17.5 Å². The predicted molar refractivity (Wildman–Crippen MR) is 101 cm³/mol. The fraction of sp³-hybridized carbons (Fsp3) is 0.158. The summed E-state index contributed by atoms with van der Waals surface area (Å²) < 4.78 is 20.9. The summed E-state index contributed by atoms with van der Waals surface area (Å²) >= 11 is 0. The van der Waals surface area contributed by atoms with E-state index in [2.05, 4.69) is 5.32 Å². The van der Waals surface area contributed by atoms with Crippen molar-refractivity contribution in [3.8, 4) is 17.2 Å². The topological polar surface area (TPSA) is 130 Å². The number of anilines is 1. The standard InChI is InChI=1S/C19H14N2O8/c1-2-26-11-4-3-10-5-12(19(23)29-15(10)6-11)18(22)20-13-7-16-17(28-9-27-16)8-14(13)21(24)25/h3-8H,2,9H2,1H3,(H,20,22). The lowest BCUT2D eigenvalue weighted by molar-refractivity contribution is -0.384. The van der Waals surface area contributed by atoms with E-state index in [0.717, 1.165) is 6.07 Å². The van der Waals surface area contributed by atoms with Crippen LogP contribution in [0.25, 0.3) is 11.0 Å². The smallest absolute Gasteiger partial charge is 0.349 e. The van der Waals surface area contributed by atoms with Crippen molar-refractivity contribution in [2.45, 2.75) is 6.92 Å². The fourth-order valence-electron chi connectivity index (χ4n) is 2.88. The van der Waals surface area contributed by atoms with Crippen LogP contribution in [0.2, 0.25) is 0 Å². The first kappa shape index (κ1) is 18.3. The van der Waals surface area contributed by atoms with Crippen molar-refractivity contribution >= 4 is 28.3 Å². The van der Waals surface area contributed by atoms with E-state index in [-0.39, 0.29) is 35.1 Å². The van der Waals surface area contributed by atoms with Crippen molar-refractivity contribution in [2.75, 3.05) is 18.7 Å². The van der Waals surface area contributed by atoms with Crippen LogP contribution in [-0.2, 0) is 0 Å². The number of nitrogens with one attached hydrogen (secondary N) is 1. The number of nitro groups is 1. The molecule has 0 saturated heterocycles. The quantitative estimate of drug-likeness (QED) is 0.394. The number of carbonyl (C=O) groups excluding carboxylic acids is 1. The Hall–Kier alpha value is -4.08. The van der Waals surface area contributed by atoms with Gasteiger partial charge in [-0.3, -0.25) is 14.9 Å². The summed E-state index contributed by atoms with van der Waals surface area (Å²) in [6.45, 7) is 2.19. The van der Waals surface area contributed by atoms with Gasteiger partial charge in [-0.05, 0) is 25.1 Å². The van der Waals surface area contributed by atoms with Crippen LogP contribution in [0.15, 0.2) is 45.6 Å². The van der Waals surface area contributed by atoms with Gasteiger partial charge in [-0.25, -0.2) is 4.79 Å². The lowest BCUT2D eigenvalue weighted by atomic mass is 10.1. The summed E-state index contributed by atoms with van der Waals surface area (Å²) in [6.07, 6.45) is 0. The number of nitrogens with zero attached hydrogens (tertiary/aromatic N) is 1. The Morgan fingerprint density at radius 3 is 2.69 bits per heavy atom. The number of hydrogen-bond acceptors (Lipinski definition) is 8. The third kappa shape index (κ3) is 3.43. The average molecular weight is 398 g/mol. The highest BCUT2D eigenvalue weighted by Gasteiger charge is 2.25. The second kappa shape index (κ2) is 7.15. The first-order chi connectivity index (χ1) is 14.0. The van der Waals surface area contributed by atoms with Gasteiger partial charge in [-0.2, -0.15) is 0 Å². The Labute approximate surface area is 162 Å². The molecule has 29 heavy (non-hydrogen) atoms. The first-order valence-electron chi connectivity index (χ1n) is 8.56. The predicted octanol–water partition coefficient (Wildman–Crippen LogP) is 3.08. The van der Waals surface area contributed by atoms with E-state index in [4.69, 9.17) is 18.6 Å². The molecule has 0 atom stereocenters. The lowest BCUT2D eigenvalue weighted by Gasteiger charge is -2.08. The lowest BCUT2D eigenvalue weighted by Crippen LogP contribution is -2.21. The van der Waals surface area contributed by atoms with E-state index in [1.54, 1.807) is 18.2 Å². The number of rotatable bonds is 5. The maximum Gasteiger partial charge on any atom is 0.349 e. The van der Waals surface area contributed by atoms with Crippen LogP contribution >= 0.6 is 0 Å². The van der Waals surface area contributed by atoms with E-state index in [9.17, 15) is 19.7 Å². The summed E-state index contributed by atoms with van der Waals surface area (Å²) in [5, 5.41) is 14.2. The summed E-state index contributed by atoms with van der Waals surface area (Å²) in [6, 6.07) is 8.64. The Morgan fingerprint density at radius 2 is 1.97 bits per heavy atom. The molecule has 1 N–H and O–H groups in total. The molecular formula is C19H14N2O8. The minimum absolute atomic E-state index is 0.0815. The minimum atomic E-state index is -0.882. The van der Waals surface area contributed by atoms with Gasteiger partial charge in [0.25, 0.3) is 11.6 Å². The molecule has 0 spiro atoms. The van der Waals surface area contributed by atoms with Crippen molar-refractivity contribution in [2.24, 2.45) is 0 Å². The number of carbonyl (C=O) groups is 1. The van der Waals surface area contributed by atoms with Crippen molar-refractivity contribution in [3.05, 3.63) is 62.5 Å². The average Bonchev–Trinajstić information content (AvgIpc) is 3.14. The highest BCUT2D eigenvalue weighted by Crippen LogP contribution is 2.40. The Kier molecular flexibility index (Phi) is 4.51. The van der Waals surface area contributed by atoms with Gasteiger partial charge in [0.1, 0.15) is 22.6 Å². The molecule has 0 aliphatic carbocycles. The minimum Gasteiger partial charge on any atom is -0.494 e. The molecule has 2 heterocycles. The number of amides is 1. The zero-order chi connectivity index (χ0) is 20.5. The normalized spacial score (nSPS) is 12.0. The second-order valence-corrected chi connectivity index (χ2v) is 6.01. The molecule has 1 aromatic heterocycles. The molecule has 1 aliphatic heterocycles. The third-order valence-electron chi connectivity index (χ3n) is 4.20. The van der Waals surface area contributed by atoms with Crippen molar-refractivity contribution < 1.29 is 28.3 Å². The highest BCUT2D eigenvalue weighted by atomic mass is 16.7. The van der Waals surface area contributed by atoms with Gasteiger partial charge >= 0.3 is 5.63 Å². The number of nitro benzene ring substituents is 1. The molecule has 0 bridgehead atoms. The van der Waals surface area contributed by atoms with E-state index in [1.807, 2.05) is 6.92 Å². The van der Waals surface area contributed by atoms with E-state index >= 15 is 0 Å². The maximum atomic E-state index is 12.6. The molecule has 10 nitrogen and oxygen atoms in total. The van der Waals surface area contributed by atoms with Gasteiger partial charge < -0.3 is 23.9 Å². The zero-order valence-electron chi connectivity index (χ0n) is 15.1. The Morgan fingerprint density at radius 1 is 1.21 bits per heavy atom. The fourth-order valence-corrected chi connectivity index (χ4v) is 2.88. The molecule has 0 saturated carbocycles. The van der Waals surface area contributed by atoms with Crippen LogP contribution in [0.4, 0.5) is 11.4 Å². The van der Waals surface area contributed by atoms with Crippen molar-refractivity contribution in [1.29, 1.82) is 0 Å². The monoisotopic (exact) mass is 398 g/mol. The van der Waals surface area contributed by atoms with Gasteiger partial charge in [0.15, 0.2) is 11.5 Å². The molecular weight excluding hydrogens is 384 g/mol. The SMILES string of the molecule is CCOc1ccc2cc(C(=O)Nc3cc4c(cc3[N+](=O)[O-])OCO4)c(=O)oc2c1.